The van der Waals surface area contributed by atoms with Gasteiger partial charge in [0.15, 0.2) is 5.25 Å². The zero-order valence-electron chi connectivity index (χ0n) is 17.7. The summed E-state index contributed by atoms with van der Waals surface area (Å²) in [5.74, 6) is 0.110. The number of aromatic nitrogens is 2. The molecule has 0 bridgehead atoms. The van der Waals surface area contributed by atoms with E-state index in [1.54, 1.807) is 36.4 Å². The molecule has 6 nitrogen and oxygen atoms in total. The second-order valence-electron chi connectivity index (χ2n) is 7.39. The van der Waals surface area contributed by atoms with Crippen molar-refractivity contribution in [3.05, 3.63) is 60.3 Å². The Balaban J connectivity index is 1.90. The zero-order chi connectivity index (χ0) is 22.1. The van der Waals surface area contributed by atoms with E-state index in [2.05, 4.69) is 16.9 Å². The number of unbranched alkanes of at least 4 members (excludes halogenated alkanes) is 5. The fourth-order valence-electron chi connectivity index (χ4n) is 3.35. The van der Waals surface area contributed by atoms with E-state index >= 15 is 0 Å². The van der Waals surface area contributed by atoms with E-state index in [1.807, 2.05) is 12.1 Å². The van der Waals surface area contributed by atoms with Crippen molar-refractivity contribution in [1.29, 1.82) is 5.26 Å². The normalized spacial score (nSPS) is 12.4. The maximum atomic E-state index is 13.2. The number of sulfone groups is 1. The van der Waals surface area contributed by atoms with Crippen molar-refractivity contribution in [3.8, 4) is 11.9 Å². The molecule has 0 N–H and O–H groups in total. The molecule has 0 radical (unpaired) electrons. The van der Waals surface area contributed by atoms with Crippen LogP contribution in [0.2, 0.25) is 0 Å². The van der Waals surface area contributed by atoms with Crippen LogP contribution < -0.4 is 4.74 Å². The molecule has 0 aliphatic heterocycles. The van der Waals surface area contributed by atoms with Crippen molar-refractivity contribution < 1.29 is 13.2 Å². The molecular weight excluding hydrogens is 410 g/mol. The Morgan fingerprint density at radius 1 is 0.903 bits per heavy atom. The lowest BCUT2D eigenvalue weighted by Crippen LogP contribution is -2.16. The summed E-state index contributed by atoms with van der Waals surface area (Å²) < 4.78 is 32.2. The Bertz CT molecular complexity index is 1140. The first kappa shape index (κ1) is 22.7. The second-order valence-corrected chi connectivity index (χ2v) is 9.42. The molecular formula is C24H27N3O3S. The number of hydrogen-bond donors (Lipinski definition) is 0. The highest BCUT2D eigenvalue weighted by molar-refractivity contribution is 7.92. The van der Waals surface area contributed by atoms with Crippen LogP contribution in [0.4, 0.5) is 0 Å². The lowest BCUT2D eigenvalue weighted by molar-refractivity contribution is 0.290. The molecule has 0 aliphatic carbocycles. The second kappa shape index (κ2) is 10.9. The predicted molar refractivity (Wildman–Crippen MR) is 120 cm³/mol. The largest absolute Gasteiger partial charge is 0.476 e. The first-order valence-corrected chi connectivity index (χ1v) is 12.2. The summed E-state index contributed by atoms with van der Waals surface area (Å²) in [6.45, 7) is 2.58. The van der Waals surface area contributed by atoms with Crippen molar-refractivity contribution in [2.24, 2.45) is 0 Å². The summed E-state index contributed by atoms with van der Waals surface area (Å²) in [5.41, 5.74) is 1.15. The van der Waals surface area contributed by atoms with Crippen LogP contribution in [0.5, 0.6) is 5.88 Å². The summed E-state index contributed by atoms with van der Waals surface area (Å²) in [6.07, 6.45) is 6.61. The van der Waals surface area contributed by atoms with Crippen LogP contribution in [0.1, 0.15) is 56.4 Å². The fourth-order valence-corrected chi connectivity index (χ4v) is 4.74. The molecule has 2 aromatic carbocycles. The SMILES string of the molecule is CCCCCCCCOc1nc2ccccc2nc1C(C#N)S(=O)(=O)c1ccccc1. The molecule has 31 heavy (non-hydrogen) atoms. The van der Waals surface area contributed by atoms with Crippen LogP contribution in [0.15, 0.2) is 59.5 Å². The number of hydrogen-bond acceptors (Lipinski definition) is 6. The number of fused-ring (bicyclic) bond motifs is 1. The predicted octanol–water partition coefficient (Wildman–Crippen LogP) is 5.41. The van der Waals surface area contributed by atoms with Crippen molar-refractivity contribution in [3.63, 3.8) is 0 Å². The molecule has 1 heterocycles. The van der Waals surface area contributed by atoms with E-state index in [1.165, 1.54) is 31.4 Å². The first-order valence-electron chi connectivity index (χ1n) is 10.7. The van der Waals surface area contributed by atoms with E-state index in [-0.39, 0.29) is 16.5 Å². The minimum atomic E-state index is -3.98. The van der Waals surface area contributed by atoms with Gasteiger partial charge in [0.25, 0.3) is 0 Å². The van der Waals surface area contributed by atoms with Crippen LogP contribution in [0, 0.1) is 11.3 Å². The summed E-state index contributed by atoms with van der Waals surface area (Å²) in [4.78, 5) is 9.05. The Labute approximate surface area is 183 Å². The third kappa shape index (κ3) is 5.59. The Morgan fingerprint density at radius 2 is 1.52 bits per heavy atom. The van der Waals surface area contributed by atoms with E-state index in [4.69, 9.17) is 4.74 Å². The van der Waals surface area contributed by atoms with E-state index in [9.17, 15) is 13.7 Å². The van der Waals surface area contributed by atoms with Gasteiger partial charge >= 0.3 is 0 Å². The molecule has 1 atom stereocenters. The number of para-hydroxylation sites is 2. The summed E-state index contributed by atoms with van der Waals surface area (Å²) in [7, 11) is -3.98. The fraction of sp³-hybridized carbons (Fsp3) is 0.375. The topological polar surface area (TPSA) is 92.9 Å². The Hall–Kier alpha value is -2.98. The standard InChI is InChI=1S/C24H27N3O3S/c1-2-3-4-5-6-12-17-30-24-23(26-20-15-10-11-16-21(20)27-24)22(18-25)31(28,29)19-13-8-7-9-14-19/h7-11,13-16,22H,2-6,12,17H2,1H3. The maximum Gasteiger partial charge on any atom is 0.238 e. The molecule has 1 unspecified atom stereocenters. The highest BCUT2D eigenvalue weighted by Gasteiger charge is 2.34. The quantitative estimate of drug-likeness (QED) is 0.373. The summed E-state index contributed by atoms with van der Waals surface area (Å²) in [5, 5.41) is 8.30. The van der Waals surface area contributed by atoms with Gasteiger partial charge in [-0.1, -0.05) is 69.4 Å². The van der Waals surface area contributed by atoms with Gasteiger partial charge in [-0.2, -0.15) is 5.26 Å². The average Bonchev–Trinajstić information content (AvgIpc) is 2.79. The first-order chi connectivity index (χ1) is 15.1. The van der Waals surface area contributed by atoms with Crippen LogP contribution in [-0.2, 0) is 9.84 Å². The van der Waals surface area contributed by atoms with Gasteiger partial charge in [0.1, 0.15) is 5.69 Å². The lowest BCUT2D eigenvalue weighted by atomic mass is 10.1. The van der Waals surface area contributed by atoms with Gasteiger partial charge in [0.2, 0.25) is 15.7 Å². The third-order valence-electron chi connectivity index (χ3n) is 5.05. The van der Waals surface area contributed by atoms with Crippen molar-refractivity contribution in [2.75, 3.05) is 6.61 Å². The van der Waals surface area contributed by atoms with Crippen molar-refractivity contribution >= 4 is 20.9 Å². The van der Waals surface area contributed by atoms with Gasteiger partial charge in [0.05, 0.1) is 28.6 Å². The molecule has 0 spiro atoms. The van der Waals surface area contributed by atoms with E-state index < -0.39 is 15.1 Å². The molecule has 0 aliphatic rings. The molecule has 162 valence electrons. The third-order valence-corrected chi connectivity index (χ3v) is 6.93. The maximum absolute atomic E-state index is 13.2. The molecule has 0 amide bonds. The van der Waals surface area contributed by atoms with Crippen LogP contribution >= 0.6 is 0 Å². The smallest absolute Gasteiger partial charge is 0.238 e. The van der Waals surface area contributed by atoms with Crippen LogP contribution in [-0.4, -0.2) is 25.0 Å². The van der Waals surface area contributed by atoms with E-state index in [0.717, 1.165) is 19.3 Å². The lowest BCUT2D eigenvalue weighted by Gasteiger charge is -2.15. The molecule has 3 aromatic rings. The van der Waals surface area contributed by atoms with Gasteiger partial charge in [-0.3, -0.25) is 0 Å². The van der Waals surface area contributed by atoms with Gasteiger partial charge < -0.3 is 4.74 Å². The number of benzene rings is 2. The number of nitriles is 1. The number of ether oxygens (including phenoxy) is 1. The Kier molecular flexibility index (Phi) is 7.96. The molecule has 3 rings (SSSR count). The monoisotopic (exact) mass is 437 g/mol. The molecule has 7 heteroatoms. The van der Waals surface area contributed by atoms with Crippen molar-refractivity contribution in [2.45, 2.75) is 55.6 Å². The van der Waals surface area contributed by atoms with Crippen molar-refractivity contribution in [1.82, 2.24) is 9.97 Å². The zero-order valence-corrected chi connectivity index (χ0v) is 18.5. The minimum absolute atomic E-state index is 0.0380. The summed E-state index contributed by atoms with van der Waals surface area (Å²) in [6, 6.07) is 17.0. The van der Waals surface area contributed by atoms with E-state index in [0.29, 0.717) is 17.6 Å². The minimum Gasteiger partial charge on any atom is -0.476 e. The molecule has 0 saturated carbocycles. The van der Waals surface area contributed by atoms with Gasteiger partial charge in [-0.05, 0) is 30.7 Å². The number of nitrogens with zero attached hydrogens (tertiary/aromatic N) is 3. The van der Waals surface area contributed by atoms with Crippen LogP contribution in [0.25, 0.3) is 11.0 Å². The highest BCUT2D eigenvalue weighted by Crippen LogP contribution is 2.33. The average molecular weight is 438 g/mol. The molecule has 0 saturated heterocycles. The van der Waals surface area contributed by atoms with Gasteiger partial charge in [-0.15, -0.1) is 0 Å². The summed E-state index contributed by atoms with van der Waals surface area (Å²) >= 11 is 0. The molecule has 1 aromatic heterocycles. The Morgan fingerprint density at radius 3 is 2.19 bits per heavy atom. The molecule has 0 fully saturated rings. The highest BCUT2D eigenvalue weighted by atomic mass is 32.2. The van der Waals surface area contributed by atoms with Gasteiger partial charge in [-0.25, -0.2) is 18.4 Å². The van der Waals surface area contributed by atoms with Crippen LogP contribution in [0.3, 0.4) is 0 Å². The number of rotatable bonds is 11. The van der Waals surface area contributed by atoms with Gasteiger partial charge in [0, 0.05) is 0 Å².